The summed E-state index contributed by atoms with van der Waals surface area (Å²) < 4.78 is 6.70. The van der Waals surface area contributed by atoms with Crippen LogP contribution in [0.3, 0.4) is 0 Å². The number of cyclic esters (lactones) is 1. The smallest absolute Gasteiger partial charge is 0.410 e. The molecular weight excluding hydrogens is 310 g/mol. The van der Waals surface area contributed by atoms with Gasteiger partial charge < -0.3 is 9.64 Å². The average Bonchev–Trinajstić information content (AvgIpc) is 3.18. The number of carbonyl (C=O) groups excluding carboxylic acids is 2. The van der Waals surface area contributed by atoms with Crippen molar-refractivity contribution in [3.8, 4) is 5.82 Å². The fourth-order valence-electron chi connectivity index (χ4n) is 3.17. The van der Waals surface area contributed by atoms with E-state index < -0.39 is 0 Å². The van der Waals surface area contributed by atoms with Crippen LogP contribution in [0.4, 0.5) is 4.79 Å². The summed E-state index contributed by atoms with van der Waals surface area (Å²) in [4.78, 5) is 32.1. The molecule has 0 aromatic carbocycles. The summed E-state index contributed by atoms with van der Waals surface area (Å²) in [6.45, 7) is 3.68. The standard InChI is InChI=1S/C16H17N5O3/c1-11-13(8-18-21(11)14-4-2-3-5-17-14)15(22)19-6-7-20-12(9-19)10-24-16(20)23/h2-5,8,12H,6-7,9-10H2,1H3/t12-/m0/s1. The second-order valence-electron chi connectivity index (χ2n) is 5.92. The minimum absolute atomic E-state index is 0.0543. The van der Waals surface area contributed by atoms with E-state index in [9.17, 15) is 9.59 Å². The van der Waals surface area contributed by atoms with E-state index in [4.69, 9.17) is 4.74 Å². The number of ether oxygens (including phenoxy) is 1. The van der Waals surface area contributed by atoms with Gasteiger partial charge in [0, 0.05) is 25.8 Å². The van der Waals surface area contributed by atoms with E-state index in [1.165, 1.54) is 0 Å². The van der Waals surface area contributed by atoms with Crippen molar-refractivity contribution in [3.05, 3.63) is 41.9 Å². The summed E-state index contributed by atoms with van der Waals surface area (Å²) in [7, 11) is 0. The van der Waals surface area contributed by atoms with Gasteiger partial charge in [0.2, 0.25) is 0 Å². The highest BCUT2D eigenvalue weighted by atomic mass is 16.6. The van der Waals surface area contributed by atoms with Gasteiger partial charge in [0.25, 0.3) is 5.91 Å². The molecule has 8 nitrogen and oxygen atoms in total. The third-order valence-electron chi connectivity index (χ3n) is 4.51. The molecule has 0 aliphatic carbocycles. The van der Waals surface area contributed by atoms with Gasteiger partial charge in [-0.3, -0.25) is 9.69 Å². The Morgan fingerprint density at radius 1 is 1.33 bits per heavy atom. The fourth-order valence-corrected chi connectivity index (χ4v) is 3.17. The Labute approximate surface area is 138 Å². The van der Waals surface area contributed by atoms with Gasteiger partial charge in [0.1, 0.15) is 6.61 Å². The van der Waals surface area contributed by atoms with Crippen molar-refractivity contribution in [3.63, 3.8) is 0 Å². The topological polar surface area (TPSA) is 80.6 Å². The molecule has 2 aliphatic rings. The normalized spacial score (nSPS) is 20.0. The molecule has 4 heterocycles. The first-order chi connectivity index (χ1) is 11.6. The lowest BCUT2D eigenvalue weighted by molar-refractivity contribution is 0.0616. The molecule has 8 heteroatoms. The second kappa shape index (κ2) is 5.63. The molecule has 0 bridgehead atoms. The summed E-state index contributed by atoms with van der Waals surface area (Å²) in [6, 6.07) is 5.50. The highest BCUT2D eigenvalue weighted by Gasteiger charge is 2.39. The van der Waals surface area contributed by atoms with Crippen LogP contribution in [-0.2, 0) is 4.74 Å². The zero-order valence-electron chi connectivity index (χ0n) is 13.3. The first kappa shape index (κ1) is 14.7. The molecule has 2 saturated heterocycles. The van der Waals surface area contributed by atoms with Crippen molar-refractivity contribution in [2.45, 2.75) is 13.0 Å². The van der Waals surface area contributed by atoms with Crippen LogP contribution in [0.15, 0.2) is 30.6 Å². The number of piperazine rings is 1. The van der Waals surface area contributed by atoms with Crippen molar-refractivity contribution in [2.75, 3.05) is 26.2 Å². The van der Waals surface area contributed by atoms with E-state index in [0.717, 1.165) is 5.69 Å². The largest absolute Gasteiger partial charge is 0.447 e. The molecule has 2 amide bonds. The van der Waals surface area contributed by atoms with Crippen LogP contribution in [0.25, 0.3) is 5.82 Å². The average molecular weight is 327 g/mol. The SMILES string of the molecule is Cc1c(C(=O)N2CCN3C(=O)OC[C@@H]3C2)cnn1-c1ccccn1. The maximum absolute atomic E-state index is 12.8. The summed E-state index contributed by atoms with van der Waals surface area (Å²) in [6.07, 6.45) is 2.98. The lowest BCUT2D eigenvalue weighted by atomic mass is 10.1. The Hall–Kier alpha value is -2.90. The van der Waals surface area contributed by atoms with Crippen LogP contribution in [0.5, 0.6) is 0 Å². The van der Waals surface area contributed by atoms with Gasteiger partial charge in [-0.05, 0) is 19.1 Å². The van der Waals surface area contributed by atoms with Crippen LogP contribution in [-0.4, -0.2) is 68.8 Å². The molecule has 2 aromatic heterocycles. The molecule has 1 atom stereocenters. The minimum Gasteiger partial charge on any atom is -0.447 e. The van der Waals surface area contributed by atoms with Crippen molar-refractivity contribution in [2.24, 2.45) is 0 Å². The van der Waals surface area contributed by atoms with Crippen molar-refractivity contribution in [1.82, 2.24) is 24.6 Å². The monoisotopic (exact) mass is 327 g/mol. The highest BCUT2D eigenvalue weighted by Crippen LogP contribution is 2.21. The first-order valence-corrected chi connectivity index (χ1v) is 7.84. The highest BCUT2D eigenvalue weighted by molar-refractivity contribution is 5.95. The number of rotatable bonds is 2. The van der Waals surface area contributed by atoms with E-state index in [2.05, 4.69) is 10.1 Å². The summed E-state index contributed by atoms with van der Waals surface area (Å²) >= 11 is 0. The molecule has 124 valence electrons. The molecule has 2 aromatic rings. The van der Waals surface area contributed by atoms with Gasteiger partial charge >= 0.3 is 6.09 Å². The van der Waals surface area contributed by atoms with Crippen LogP contribution >= 0.6 is 0 Å². The van der Waals surface area contributed by atoms with Crippen molar-refractivity contribution < 1.29 is 14.3 Å². The third-order valence-corrected chi connectivity index (χ3v) is 4.51. The fraction of sp³-hybridized carbons (Fsp3) is 0.375. The maximum Gasteiger partial charge on any atom is 0.410 e. The maximum atomic E-state index is 12.8. The zero-order chi connectivity index (χ0) is 16.7. The van der Waals surface area contributed by atoms with Crippen LogP contribution in [0.2, 0.25) is 0 Å². The quantitative estimate of drug-likeness (QED) is 0.817. The molecule has 4 rings (SSSR count). The van der Waals surface area contributed by atoms with E-state index in [1.807, 2.05) is 25.1 Å². The number of hydrogen-bond acceptors (Lipinski definition) is 5. The number of hydrogen-bond donors (Lipinski definition) is 0. The Balaban J connectivity index is 1.55. The Morgan fingerprint density at radius 2 is 2.21 bits per heavy atom. The van der Waals surface area contributed by atoms with Gasteiger partial charge in [-0.25, -0.2) is 14.5 Å². The molecule has 0 radical (unpaired) electrons. The predicted octanol–water partition coefficient (Wildman–Crippen LogP) is 0.852. The van der Waals surface area contributed by atoms with Gasteiger partial charge in [-0.2, -0.15) is 5.10 Å². The van der Waals surface area contributed by atoms with Gasteiger partial charge in [0.15, 0.2) is 5.82 Å². The number of pyridine rings is 1. The molecule has 2 aliphatic heterocycles. The Morgan fingerprint density at radius 3 is 3.00 bits per heavy atom. The van der Waals surface area contributed by atoms with Gasteiger partial charge in [-0.1, -0.05) is 6.07 Å². The second-order valence-corrected chi connectivity index (χ2v) is 5.92. The molecule has 0 unspecified atom stereocenters. The Kier molecular flexibility index (Phi) is 3.44. The van der Waals surface area contributed by atoms with E-state index in [0.29, 0.717) is 37.6 Å². The first-order valence-electron chi connectivity index (χ1n) is 7.84. The lowest BCUT2D eigenvalue weighted by Crippen LogP contribution is -2.53. The molecule has 0 spiro atoms. The summed E-state index contributed by atoms with van der Waals surface area (Å²) in [5, 5.41) is 4.30. The Bertz CT molecular complexity index is 788. The van der Waals surface area contributed by atoms with E-state index in [-0.39, 0.29) is 18.0 Å². The third kappa shape index (κ3) is 2.31. The van der Waals surface area contributed by atoms with Gasteiger partial charge in [-0.15, -0.1) is 0 Å². The van der Waals surface area contributed by atoms with Gasteiger partial charge in [0.05, 0.1) is 23.5 Å². The van der Waals surface area contributed by atoms with Crippen LogP contribution in [0.1, 0.15) is 16.1 Å². The van der Waals surface area contributed by atoms with Crippen molar-refractivity contribution in [1.29, 1.82) is 0 Å². The zero-order valence-corrected chi connectivity index (χ0v) is 13.3. The number of carbonyl (C=O) groups is 2. The van der Waals surface area contributed by atoms with E-state index >= 15 is 0 Å². The molecule has 24 heavy (non-hydrogen) atoms. The number of fused-ring (bicyclic) bond motifs is 1. The molecule has 0 N–H and O–H groups in total. The minimum atomic E-state index is -0.286. The van der Waals surface area contributed by atoms with Crippen LogP contribution < -0.4 is 0 Å². The molecule has 0 saturated carbocycles. The van der Waals surface area contributed by atoms with Crippen molar-refractivity contribution >= 4 is 12.0 Å². The summed E-state index contributed by atoms with van der Waals surface area (Å²) in [5.41, 5.74) is 1.30. The number of nitrogens with zero attached hydrogens (tertiary/aromatic N) is 5. The number of amides is 2. The summed E-state index contributed by atoms with van der Waals surface area (Å²) in [5.74, 6) is 0.599. The van der Waals surface area contributed by atoms with E-state index in [1.54, 1.807) is 26.9 Å². The van der Waals surface area contributed by atoms with Crippen LogP contribution in [0, 0.1) is 6.92 Å². The number of aromatic nitrogens is 3. The predicted molar refractivity (Wildman–Crippen MR) is 83.8 cm³/mol. The molecule has 2 fully saturated rings. The molecular formula is C16H17N5O3. The lowest BCUT2D eigenvalue weighted by Gasteiger charge is -2.35.